The molecule has 0 aliphatic heterocycles. The third-order valence-electron chi connectivity index (χ3n) is 2.87. The highest BCUT2D eigenvalue weighted by Crippen LogP contribution is 2.01. The lowest BCUT2D eigenvalue weighted by molar-refractivity contribution is -0.140. The Morgan fingerprint density at radius 3 is 2.26 bits per heavy atom. The summed E-state index contributed by atoms with van der Waals surface area (Å²) in [7, 11) is 4.08. The zero-order valence-electron chi connectivity index (χ0n) is 13.1. The molecular formula is C14H31N3O2. The fourth-order valence-corrected chi connectivity index (χ4v) is 1.92. The molecule has 0 aromatic heterocycles. The molecule has 0 bridgehead atoms. The molecule has 0 heterocycles. The Kier molecular flexibility index (Phi) is 9.83. The van der Waals surface area contributed by atoms with Gasteiger partial charge < -0.3 is 15.3 Å². The number of aliphatic carboxylic acids is 1. The molecule has 0 spiro atoms. The molecule has 0 aliphatic rings. The third-order valence-corrected chi connectivity index (χ3v) is 2.87. The number of carbonyl (C=O) groups is 1. The molecule has 0 amide bonds. The summed E-state index contributed by atoms with van der Waals surface area (Å²) in [5.74, 6) is -0.213. The van der Waals surface area contributed by atoms with Crippen LogP contribution in [0.3, 0.4) is 0 Å². The van der Waals surface area contributed by atoms with E-state index in [0.29, 0.717) is 12.5 Å². The highest BCUT2D eigenvalue weighted by atomic mass is 16.4. The molecule has 0 saturated carbocycles. The summed E-state index contributed by atoms with van der Waals surface area (Å²) in [6.07, 6.45) is 0.950. The first-order valence-corrected chi connectivity index (χ1v) is 7.20. The number of carboxylic acid groups (broad SMARTS) is 1. The van der Waals surface area contributed by atoms with E-state index in [4.69, 9.17) is 0 Å². The van der Waals surface area contributed by atoms with Crippen LogP contribution >= 0.6 is 0 Å². The molecule has 114 valence electrons. The van der Waals surface area contributed by atoms with Gasteiger partial charge in [-0.3, -0.25) is 9.69 Å². The van der Waals surface area contributed by atoms with Gasteiger partial charge in [0.15, 0.2) is 0 Å². The van der Waals surface area contributed by atoms with Crippen LogP contribution in [0.25, 0.3) is 0 Å². The van der Waals surface area contributed by atoms with E-state index in [-0.39, 0.29) is 0 Å². The van der Waals surface area contributed by atoms with E-state index in [1.807, 2.05) is 21.0 Å². The minimum atomic E-state index is -0.757. The van der Waals surface area contributed by atoms with Crippen molar-refractivity contribution in [2.45, 2.75) is 33.2 Å². The summed E-state index contributed by atoms with van der Waals surface area (Å²) >= 11 is 0. The van der Waals surface area contributed by atoms with E-state index < -0.39 is 12.0 Å². The van der Waals surface area contributed by atoms with Crippen molar-refractivity contribution in [1.82, 2.24) is 15.1 Å². The van der Waals surface area contributed by atoms with Crippen LogP contribution in [0.1, 0.15) is 27.2 Å². The van der Waals surface area contributed by atoms with Crippen molar-refractivity contribution in [3.63, 3.8) is 0 Å². The quantitative estimate of drug-likeness (QED) is 0.587. The van der Waals surface area contributed by atoms with Gasteiger partial charge in [-0.25, -0.2) is 0 Å². The Labute approximate surface area is 118 Å². The Morgan fingerprint density at radius 2 is 1.84 bits per heavy atom. The highest BCUT2D eigenvalue weighted by molar-refractivity contribution is 5.73. The van der Waals surface area contributed by atoms with Gasteiger partial charge >= 0.3 is 5.97 Å². The number of nitrogens with zero attached hydrogens (tertiary/aromatic N) is 2. The summed E-state index contributed by atoms with van der Waals surface area (Å²) in [4.78, 5) is 15.6. The van der Waals surface area contributed by atoms with Crippen LogP contribution in [0.2, 0.25) is 0 Å². The molecule has 1 atom stereocenters. The number of rotatable bonds is 11. The van der Waals surface area contributed by atoms with Crippen LogP contribution in [0.5, 0.6) is 0 Å². The lowest BCUT2D eigenvalue weighted by atomic mass is 10.2. The maximum absolute atomic E-state index is 11.3. The molecule has 0 aromatic carbocycles. The van der Waals surface area contributed by atoms with Crippen LogP contribution in [0.15, 0.2) is 0 Å². The molecule has 1 unspecified atom stereocenters. The van der Waals surface area contributed by atoms with Crippen LogP contribution in [0, 0.1) is 5.92 Å². The van der Waals surface area contributed by atoms with Gasteiger partial charge in [0.2, 0.25) is 0 Å². The second-order valence-corrected chi connectivity index (χ2v) is 5.80. The molecule has 0 radical (unpaired) electrons. The molecular weight excluding hydrogens is 242 g/mol. The fraction of sp³-hybridized carbons (Fsp3) is 0.929. The summed E-state index contributed by atoms with van der Waals surface area (Å²) in [5.41, 5.74) is 0. The van der Waals surface area contributed by atoms with Crippen molar-refractivity contribution in [3.8, 4) is 0 Å². The average Bonchev–Trinajstić information content (AvgIpc) is 2.29. The predicted octanol–water partition coefficient (Wildman–Crippen LogP) is 0.959. The van der Waals surface area contributed by atoms with E-state index in [1.165, 1.54) is 0 Å². The molecule has 0 fully saturated rings. The van der Waals surface area contributed by atoms with Crippen molar-refractivity contribution in [3.05, 3.63) is 0 Å². The minimum Gasteiger partial charge on any atom is -0.480 e. The van der Waals surface area contributed by atoms with E-state index in [9.17, 15) is 9.90 Å². The number of nitrogens with one attached hydrogen (secondary N) is 1. The molecule has 0 rings (SSSR count). The summed E-state index contributed by atoms with van der Waals surface area (Å²) in [6.45, 7) is 10.5. The predicted molar refractivity (Wildman–Crippen MR) is 79.5 cm³/mol. The van der Waals surface area contributed by atoms with Crippen LogP contribution < -0.4 is 5.32 Å². The van der Waals surface area contributed by atoms with Crippen molar-refractivity contribution in [1.29, 1.82) is 0 Å². The van der Waals surface area contributed by atoms with Crippen LogP contribution in [-0.2, 0) is 4.79 Å². The van der Waals surface area contributed by atoms with Crippen LogP contribution in [0.4, 0.5) is 0 Å². The monoisotopic (exact) mass is 273 g/mol. The Morgan fingerprint density at radius 1 is 1.21 bits per heavy atom. The Hall–Kier alpha value is -0.650. The lowest BCUT2D eigenvalue weighted by Crippen LogP contribution is -2.48. The second-order valence-electron chi connectivity index (χ2n) is 5.80. The Bertz CT molecular complexity index is 245. The fourth-order valence-electron chi connectivity index (χ4n) is 1.92. The normalized spacial score (nSPS) is 13.5. The van der Waals surface area contributed by atoms with E-state index in [1.54, 1.807) is 0 Å². The van der Waals surface area contributed by atoms with Gasteiger partial charge in [-0.15, -0.1) is 0 Å². The topological polar surface area (TPSA) is 55.8 Å². The first-order valence-electron chi connectivity index (χ1n) is 7.20. The maximum atomic E-state index is 11.3. The van der Waals surface area contributed by atoms with Crippen molar-refractivity contribution >= 4 is 5.97 Å². The Balaban J connectivity index is 4.41. The third kappa shape index (κ3) is 9.87. The molecule has 0 aliphatic carbocycles. The van der Waals surface area contributed by atoms with Gasteiger partial charge in [0.05, 0.1) is 0 Å². The van der Waals surface area contributed by atoms with Gasteiger partial charge in [0.1, 0.15) is 6.04 Å². The minimum absolute atomic E-state index is 0.471. The maximum Gasteiger partial charge on any atom is 0.322 e. The van der Waals surface area contributed by atoms with E-state index in [2.05, 4.69) is 29.0 Å². The molecule has 5 nitrogen and oxygen atoms in total. The largest absolute Gasteiger partial charge is 0.480 e. The van der Waals surface area contributed by atoms with E-state index >= 15 is 0 Å². The zero-order chi connectivity index (χ0) is 14.8. The molecule has 5 heteroatoms. The zero-order valence-corrected chi connectivity index (χ0v) is 13.1. The van der Waals surface area contributed by atoms with Gasteiger partial charge in [0, 0.05) is 26.2 Å². The summed E-state index contributed by atoms with van der Waals surface area (Å²) in [5, 5.41) is 12.4. The highest BCUT2D eigenvalue weighted by Gasteiger charge is 2.20. The molecule has 2 N–H and O–H groups in total. The average molecular weight is 273 g/mol. The number of likely N-dealkylation sites (N-methyl/N-ethyl adjacent to an activating group) is 1. The summed E-state index contributed by atoms with van der Waals surface area (Å²) in [6, 6.07) is -0.471. The van der Waals surface area contributed by atoms with E-state index in [0.717, 1.165) is 32.6 Å². The van der Waals surface area contributed by atoms with Crippen LogP contribution in [-0.4, -0.2) is 73.7 Å². The van der Waals surface area contributed by atoms with Crippen molar-refractivity contribution < 1.29 is 9.90 Å². The van der Waals surface area contributed by atoms with Gasteiger partial charge in [0.25, 0.3) is 0 Å². The van der Waals surface area contributed by atoms with Crippen molar-refractivity contribution in [2.75, 3.05) is 46.8 Å². The molecule has 19 heavy (non-hydrogen) atoms. The standard InChI is InChI=1S/C14H31N3O2/c1-6-7-15-13(14(18)19)11-17(10-12(2)3)9-8-16(4)5/h12-13,15H,6-11H2,1-5H3,(H,18,19). The number of hydrogen-bond acceptors (Lipinski definition) is 4. The summed E-state index contributed by atoms with van der Waals surface area (Å²) < 4.78 is 0. The van der Waals surface area contributed by atoms with Gasteiger partial charge in [-0.1, -0.05) is 20.8 Å². The van der Waals surface area contributed by atoms with Gasteiger partial charge in [-0.05, 0) is 33.0 Å². The molecule has 0 saturated heterocycles. The second kappa shape index (κ2) is 10.2. The first-order chi connectivity index (χ1) is 8.86. The van der Waals surface area contributed by atoms with Gasteiger partial charge in [-0.2, -0.15) is 0 Å². The number of carboxylic acids is 1. The molecule has 0 aromatic rings. The smallest absolute Gasteiger partial charge is 0.322 e. The number of hydrogen-bond donors (Lipinski definition) is 2. The van der Waals surface area contributed by atoms with Crippen molar-refractivity contribution in [2.24, 2.45) is 5.92 Å². The SMILES string of the molecule is CCCNC(CN(CCN(C)C)CC(C)C)C(=O)O. The first kappa shape index (κ1) is 18.4. The lowest BCUT2D eigenvalue weighted by Gasteiger charge is -2.28.